The number of hydrogen-bond acceptors (Lipinski definition) is 4. The van der Waals surface area contributed by atoms with Gasteiger partial charge >= 0.3 is 0 Å². The molecule has 0 saturated heterocycles. The minimum absolute atomic E-state index is 0.349. The predicted octanol–water partition coefficient (Wildman–Crippen LogP) is 2.29. The summed E-state index contributed by atoms with van der Waals surface area (Å²) in [6.45, 7) is 1.92. The maximum atomic E-state index is 12.4. The number of anilines is 1. The molecular formula is C14H16N2O2S. The summed E-state index contributed by atoms with van der Waals surface area (Å²) in [5, 5.41) is 0. The van der Waals surface area contributed by atoms with Gasteiger partial charge in [-0.1, -0.05) is 12.1 Å². The molecule has 0 saturated carbocycles. The highest BCUT2D eigenvalue weighted by molar-refractivity contribution is 7.84. The number of rotatable bonds is 4. The fourth-order valence-corrected chi connectivity index (χ4v) is 3.01. The molecule has 1 aromatic carbocycles. The largest absolute Gasteiger partial charge is 0.481 e. The molecule has 19 heavy (non-hydrogen) atoms. The van der Waals surface area contributed by atoms with E-state index in [1.54, 1.807) is 25.3 Å². The summed E-state index contributed by atoms with van der Waals surface area (Å²) in [6, 6.07) is 10.9. The predicted molar refractivity (Wildman–Crippen MR) is 76.5 cm³/mol. The Bertz CT molecular complexity index is 614. The van der Waals surface area contributed by atoms with Crippen molar-refractivity contribution in [2.75, 3.05) is 12.8 Å². The molecular weight excluding hydrogens is 260 g/mol. The first-order chi connectivity index (χ1) is 9.10. The Labute approximate surface area is 115 Å². The highest BCUT2D eigenvalue weighted by atomic mass is 32.2. The van der Waals surface area contributed by atoms with Crippen LogP contribution in [0.15, 0.2) is 41.3 Å². The number of hydrogen-bond donors (Lipinski definition) is 1. The fraction of sp³-hybridized carbons (Fsp3) is 0.214. The van der Waals surface area contributed by atoms with Gasteiger partial charge in [-0.25, -0.2) is 4.98 Å². The molecule has 0 bridgehead atoms. The summed E-state index contributed by atoms with van der Waals surface area (Å²) in [7, 11) is 0.396. The Morgan fingerprint density at radius 2 is 2.11 bits per heavy atom. The topological polar surface area (TPSA) is 65.2 Å². The summed E-state index contributed by atoms with van der Waals surface area (Å²) in [4.78, 5) is 5.02. The molecule has 2 N–H and O–H groups in total. The van der Waals surface area contributed by atoms with Gasteiger partial charge in [0.25, 0.3) is 0 Å². The third-order valence-electron chi connectivity index (χ3n) is 2.73. The Kier molecular flexibility index (Phi) is 4.16. The van der Waals surface area contributed by atoms with E-state index in [1.165, 1.54) is 0 Å². The molecule has 1 aromatic heterocycles. The van der Waals surface area contributed by atoms with Crippen LogP contribution in [-0.4, -0.2) is 16.3 Å². The van der Waals surface area contributed by atoms with Crippen molar-refractivity contribution in [3.05, 3.63) is 47.7 Å². The molecule has 2 aromatic rings. The van der Waals surface area contributed by atoms with Crippen molar-refractivity contribution in [3.8, 4) is 5.88 Å². The van der Waals surface area contributed by atoms with E-state index in [0.29, 0.717) is 17.3 Å². The molecule has 1 unspecified atom stereocenters. The molecule has 0 amide bonds. The number of nitrogen functional groups attached to an aromatic ring is 1. The van der Waals surface area contributed by atoms with Crippen LogP contribution < -0.4 is 10.5 Å². The van der Waals surface area contributed by atoms with Crippen LogP contribution in [0.25, 0.3) is 0 Å². The van der Waals surface area contributed by atoms with Crippen molar-refractivity contribution >= 4 is 16.5 Å². The normalized spacial score (nSPS) is 12.1. The van der Waals surface area contributed by atoms with Crippen LogP contribution in [0.5, 0.6) is 5.88 Å². The van der Waals surface area contributed by atoms with E-state index >= 15 is 0 Å². The molecule has 0 radical (unpaired) electrons. The molecule has 0 aliphatic heterocycles. The lowest BCUT2D eigenvalue weighted by Gasteiger charge is -2.07. The monoisotopic (exact) mass is 276 g/mol. The third-order valence-corrected chi connectivity index (χ3v) is 4.22. The number of methoxy groups -OCH3 is 1. The van der Waals surface area contributed by atoms with E-state index < -0.39 is 10.8 Å². The molecule has 100 valence electrons. The van der Waals surface area contributed by atoms with Crippen molar-refractivity contribution in [1.29, 1.82) is 0 Å². The van der Waals surface area contributed by atoms with E-state index in [1.807, 2.05) is 25.1 Å². The number of aryl methyl sites for hydroxylation is 1. The lowest BCUT2D eigenvalue weighted by molar-refractivity contribution is 0.397. The van der Waals surface area contributed by atoms with Crippen LogP contribution in [0, 0.1) is 6.92 Å². The van der Waals surface area contributed by atoms with E-state index in [0.717, 1.165) is 16.2 Å². The molecule has 0 aliphatic rings. The van der Waals surface area contributed by atoms with Crippen molar-refractivity contribution in [3.63, 3.8) is 0 Å². The van der Waals surface area contributed by atoms with Gasteiger partial charge in [0.05, 0.1) is 29.4 Å². The quantitative estimate of drug-likeness (QED) is 0.870. The second-order valence-corrected chi connectivity index (χ2v) is 5.61. The number of pyridine rings is 1. The van der Waals surface area contributed by atoms with Crippen LogP contribution >= 0.6 is 0 Å². The zero-order valence-corrected chi connectivity index (χ0v) is 11.7. The van der Waals surface area contributed by atoms with Crippen molar-refractivity contribution in [1.82, 2.24) is 4.98 Å². The Hall–Kier alpha value is -1.88. The Balaban J connectivity index is 2.23. The van der Waals surface area contributed by atoms with Crippen molar-refractivity contribution < 1.29 is 8.95 Å². The average Bonchev–Trinajstić information content (AvgIpc) is 2.41. The molecule has 4 nitrogen and oxygen atoms in total. The van der Waals surface area contributed by atoms with Gasteiger partial charge in [-0.3, -0.25) is 4.21 Å². The summed E-state index contributed by atoms with van der Waals surface area (Å²) in [6.07, 6.45) is 0. The van der Waals surface area contributed by atoms with Gasteiger partial charge in [-0.2, -0.15) is 0 Å². The molecule has 1 atom stereocenters. The molecule has 0 spiro atoms. The Morgan fingerprint density at radius 1 is 1.32 bits per heavy atom. The first kappa shape index (κ1) is 13.5. The van der Waals surface area contributed by atoms with E-state index in [4.69, 9.17) is 10.5 Å². The van der Waals surface area contributed by atoms with Gasteiger partial charge in [0.2, 0.25) is 5.88 Å². The van der Waals surface area contributed by atoms with Crippen molar-refractivity contribution in [2.24, 2.45) is 0 Å². The zero-order valence-electron chi connectivity index (χ0n) is 10.9. The summed E-state index contributed by atoms with van der Waals surface area (Å²) < 4.78 is 17.4. The van der Waals surface area contributed by atoms with Gasteiger partial charge < -0.3 is 10.5 Å². The van der Waals surface area contributed by atoms with Crippen LogP contribution in [0.1, 0.15) is 11.3 Å². The summed E-state index contributed by atoms with van der Waals surface area (Å²) in [5.41, 5.74) is 8.06. The average molecular weight is 276 g/mol. The van der Waals surface area contributed by atoms with Gasteiger partial charge in [0.1, 0.15) is 0 Å². The second kappa shape index (κ2) is 5.84. The van der Waals surface area contributed by atoms with E-state index in [9.17, 15) is 4.21 Å². The number of aromatic nitrogens is 1. The highest BCUT2D eigenvalue weighted by Gasteiger charge is 2.10. The van der Waals surface area contributed by atoms with Crippen LogP contribution in [0.4, 0.5) is 5.69 Å². The second-order valence-electron chi connectivity index (χ2n) is 4.19. The molecule has 0 fully saturated rings. The maximum Gasteiger partial charge on any atom is 0.213 e. The van der Waals surface area contributed by atoms with Crippen LogP contribution in [0.2, 0.25) is 0 Å². The third kappa shape index (κ3) is 3.32. The molecule has 1 heterocycles. The highest BCUT2D eigenvalue weighted by Crippen LogP contribution is 2.19. The van der Waals surface area contributed by atoms with Gasteiger partial charge in [-0.15, -0.1) is 0 Å². The lowest BCUT2D eigenvalue weighted by Crippen LogP contribution is -2.02. The molecule has 5 heteroatoms. The summed E-state index contributed by atoms with van der Waals surface area (Å²) in [5.74, 6) is 0.875. The fourth-order valence-electron chi connectivity index (χ4n) is 1.73. The number of benzene rings is 1. The van der Waals surface area contributed by atoms with E-state index in [-0.39, 0.29) is 0 Å². The van der Waals surface area contributed by atoms with Crippen LogP contribution in [0.3, 0.4) is 0 Å². The van der Waals surface area contributed by atoms with Crippen LogP contribution in [-0.2, 0) is 16.6 Å². The van der Waals surface area contributed by atoms with E-state index in [2.05, 4.69) is 4.98 Å². The van der Waals surface area contributed by atoms with Gasteiger partial charge in [0.15, 0.2) is 0 Å². The smallest absolute Gasteiger partial charge is 0.213 e. The number of nitrogens with zero attached hydrogens (tertiary/aromatic N) is 1. The standard InChI is InChI=1S/C14H16N2O2S/c1-10-6-7-11(15)8-13(10)19(17)9-12-4-3-5-14(16-12)18-2/h3-8H,9,15H2,1-2H3. The number of nitrogens with two attached hydrogens (primary N) is 1. The number of ether oxygens (including phenoxy) is 1. The maximum absolute atomic E-state index is 12.4. The first-order valence-electron chi connectivity index (χ1n) is 5.84. The SMILES string of the molecule is COc1cccc(CS(=O)c2cc(N)ccc2C)n1. The molecule has 2 rings (SSSR count). The Morgan fingerprint density at radius 3 is 2.84 bits per heavy atom. The van der Waals surface area contributed by atoms with Gasteiger partial charge in [0, 0.05) is 16.6 Å². The zero-order chi connectivity index (χ0) is 13.8. The van der Waals surface area contributed by atoms with Gasteiger partial charge in [-0.05, 0) is 30.7 Å². The van der Waals surface area contributed by atoms with Crippen molar-refractivity contribution in [2.45, 2.75) is 17.6 Å². The lowest BCUT2D eigenvalue weighted by atomic mass is 10.2. The minimum Gasteiger partial charge on any atom is -0.481 e. The first-order valence-corrected chi connectivity index (χ1v) is 7.16. The molecule has 0 aliphatic carbocycles. The minimum atomic E-state index is -1.16. The summed E-state index contributed by atoms with van der Waals surface area (Å²) >= 11 is 0.